The number of nitro groups is 1. The Kier molecular flexibility index (Phi) is 4.64. The van der Waals surface area contributed by atoms with Crippen molar-refractivity contribution in [1.82, 2.24) is 10.3 Å². The monoisotopic (exact) mass is 286 g/mol. The number of hydrogen-bond acceptors (Lipinski definition) is 6. The molecule has 0 aliphatic carbocycles. The Morgan fingerprint density at radius 1 is 1.52 bits per heavy atom. The van der Waals surface area contributed by atoms with E-state index in [2.05, 4.69) is 16.4 Å². The molecule has 0 aliphatic rings. The van der Waals surface area contributed by atoms with Gasteiger partial charge in [-0.1, -0.05) is 6.92 Å². The lowest BCUT2D eigenvalue weighted by Gasteiger charge is -2.13. The number of aromatic nitrogens is 1. The van der Waals surface area contributed by atoms with E-state index in [0.717, 1.165) is 0 Å². The number of non-ortho nitro benzene ring substituents is 1. The molecular weight excluding hydrogens is 272 g/mol. The molecule has 0 bridgehead atoms. The molecule has 0 saturated heterocycles. The third kappa shape index (κ3) is 3.24. The van der Waals surface area contributed by atoms with E-state index in [4.69, 9.17) is 10.00 Å². The summed E-state index contributed by atoms with van der Waals surface area (Å²) in [6.45, 7) is 2.71. The first kappa shape index (κ1) is 14.7. The summed E-state index contributed by atoms with van der Waals surface area (Å²) in [4.78, 5) is 14.6. The third-order valence-electron chi connectivity index (χ3n) is 2.92. The Hall–Kier alpha value is -2.72. The van der Waals surface area contributed by atoms with Gasteiger partial charge in [0.25, 0.3) is 5.69 Å². The number of benzene rings is 1. The molecule has 0 amide bonds. The molecule has 1 N–H and O–H groups in total. The lowest BCUT2D eigenvalue weighted by Crippen LogP contribution is -2.33. The molecule has 21 heavy (non-hydrogen) atoms. The van der Waals surface area contributed by atoms with Gasteiger partial charge in [-0.25, -0.2) is 4.98 Å². The lowest BCUT2D eigenvalue weighted by molar-refractivity contribution is -0.383. The van der Waals surface area contributed by atoms with Gasteiger partial charge in [0.15, 0.2) is 5.52 Å². The van der Waals surface area contributed by atoms with Crippen molar-refractivity contribution in [2.75, 3.05) is 13.2 Å². The van der Waals surface area contributed by atoms with Crippen molar-refractivity contribution in [3.05, 3.63) is 40.6 Å². The Morgan fingerprint density at radius 2 is 2.33 bits per heavy atom. The summed E-state index contributed by atoms with van der Waals surface area (Å²) < 4.78 is 5.61. The third-order valence-corrected chi connectivity index (χ3v) is 2.92. The summed E-state index contributed by atoms with van der Waals surface area (Å²) in [6, 6.07) is 7.94. The normalized spacial score (nSPS) is 11.8. The number of nitriles is 1. The fraction of sp³-hybridized carbons (Fsp3) is 0.286. The van der Waals surface area contributed by atoms with E-state index >= 15 is 0 Å². The average molecular weight is 286 g/mol. The molecule has 0 fully saturated rings. The average Bonchev–Trinajstić information content (AvgIpc) is 2.50. The quantitative estimate of drug-likeness (QED) is 0.644. The summed E-state index contributed by atoms with van der Waals surface area (Å²) in [7, 11) is 0. The number of nitrogens with one attached hydrogen (secondary N) is 1. The van der Waals surface area contributed by atoms with Crippen LogP contribution < -0.4 is 10.1 Å². The molecule has 7 heteroatoms. The van der Waals surface area contributed by atoms with Gasteiger partial charge in [-0.05, 0) is 24.7 Å². The Morgan fingerprint density at radius 3 is 3.00 bits per heavy atom. The van der Waals surface area contributed by atoms with E-state index in [1.807, 2.05) is 6.92 Å². The number of nitrogens with zero attached hydrogens (tertiary/aromatic N) is 3. The first-order valence-corrected chi connectivity index (χ1v) is 6.45. The second kappa shape index (κ2) is 6.63. The summed E-state index contributed by atoms with van der Waals surface area (Å²) in [5.41, 5.74) is 0.207. The summed E-state index contributed by atoms with van der Waals surface area (Å²) in [5.74, 6) is 0.474. The number of rotatable bonds is 6. The highest BCUT2D eigenvalue weighted by atomic mass is 16.6. The van der Waals surface area contributed by atoms with E-state index in [0.29, 0.717) is 17.7 Å². The van der Waals surface area contributed by atoms with E-state index in [-0.39, 0.29) is 17.8 Å². The van der Waals surface area contributed by atoms with Gasteiger partial charge < -0.3 is 4.74 Å². The zero-order chi connectivity index (χ0) is 15.2. The van der Waals surface area contributed by atoms with Gasteiger partial charge in [0.2, 0.25) is 0 Å². The van der Waals surface area contributed by atoms with Gasteiger partial charge in [-0.15, -0.1) is 0 Å². The predicted molar refractivity (Wildman–Crippen MR) is 77.0 cm³/mol. The maximum absolute atomic E-state index is 11.0. The minimum Gasteiger partial charge on any atom is -0.490 e. The summed E-state index contributed by atoms with van der Waals surface area (Å²) in [5, 5.41) is 23.5. The number of nitro benzene ring substituents is 1. The van der Waals surface area contributed by atoms with Crippen LogP contribution in [0.2, 0.25) is 0 Å². The number of ether oxygens (including phenoxy) is 1. The van der Waals surface area contributed by atoms with E-state index in [1.54, 1.807) is 12.1 Å². The molecule has 1 unspecified atom stereocenters. The smallest absolute Gasteiger partial charge is 0.295 e. The van der Waals surface area contributed by atoms with Crippen LogP contribution in [0, 0.1) is 21.4 Å². The standard InChI is InChI=1S/C14H14N4O3/c1-2-16-10(8-15)9-21-13-6-5-12(18(19)20)14-11(13)4-3-7-17-14/h3-7,10,16H,2,9H2,1H3. The molecule has 0 saturated carbocycles. The summed E-state index contributed by atoms with van der Waals surface area (Å²) in [6.07, 6.45) is 1.50. The van der Waals surface area contributed by atoms with E-state index in [1.165, 1.54) is 18.3 Å². The largest absolute Gasteiger partial charge is 0.490 e. The molecule has 7 nitrogen and oxygen atoms in total. The topological polar surface area (TPSA) is 101 Å². The van der Waals surface area contributed by atoms with Crippen LogP contribution in [0.3, 0.4) is 0 Å². The van der Waals surface area contributed by atoms with Crippen LogP contribution in [-0.2, 0) is 0 Å². The van der Waals surface area contributed by atoms with Crippen LogP contribution in [0.15, 0.2) is 30.5 Å². The fourth-order valence-electron chi connectivity index (χ4n) is 1.97. The van der Waals surface area contributed by atoms with Gasteiger partial charge >= 0.3 is 0 Å². The molecule has 1 aromatic heterocycles. The van der Waals surface area contributed by atoms with Gasteiger partial charge in [-0.3, -0.25) is 15.4 Å². The van der Waals surface area contributed by atoms with Crippen molar-refractivity contribution in [1.29, 1.82) is 5.26 Å². The number of fused-ring (bicyclic) bond motifs is 1. The van der Waals surface area contributed by atoms with E-state index < -0.39 is 11.0 Å². The van der Waals surface area contributed by atoms with Crippen molar-refractivity contribution in [3.8, 4) is 11.8 Å². The zero-order valence-corrected chi connectivity index (χ0v) is 11.4. The van der Waals surface area contributed by atoms with Gasteiger partial charge in [-0.2, -0.15) is 5.26 Å². The fourth-order valence-corrected chi connectivity index (χ4v) is 1.97. The van der Waals surface area contributed by atoms with Crippen LogP contribution in [0.4, 0.5) is 5.69 Å². The molecule has 0 radical (unpaired) electrons. The van der Waals surface area contributed by atoms with E-state index in [9.17, 15) is 10.1 Å². The maximum Gasteiger partial charge on any atom is 0.295 e. The Labute approximate surface area is 121 Å². The van der Waals surface area contributed by atoms with Crippen LogP contribution >= 0.6 is 0 Å². The second-order valence-electron chi connectivity index (χ2n) is 4.29. The number of hydrogen-bond donors (Lipinski definition) is 1. The maximum atomic E-state index is 11.0. The van der Waals surface area contributed by atoms with Crippen molar-refractivity contribution >= 4 is 16.6 Å². The van der Waals surface area contributed by atoms with Crippen molar-refractivity contribution in [2.24, 2.45) is 0 Å². The molecule has 0 spiro atoms. The highest BCUT2D eigenvalue weighted by Gasteiger charge is 2.16. The number of pyridine rings is 1. The summed E-state index contributed by atoms with van der Waals surface area (Å²) >= 11 is 0. The van der Waals surface area contributed by atoms with Crippen molar-refractivity contribution < 1.29 is 9.66 Å². The molecule has 108 valence electrons. The highest BCUT2D eigenvalue weighted by molar-refractivity contribution is 5.91. The highest BCUT2D eigenvalue weighted by Crippen LogP contribution is 2.31. The molecular formula is C14H14N4O3. The predicted octanol–water partition coefficient (Wildman–Crippen LogP) is 2.02. The van der Waals surface area contributed by atoms with Crippen LogP contribution in [-0.4, -0.2) is 29.1 Å². The molecule has 1 atom stereocenters. The Balaban J connectivity index is 2.32. The van der Waals surface area contributed by atoms with Crippen LogP contribution in [0.1, 0.15) is 6.92 Å². The lowest BCUT2D eigenvalue weighted by atomic mass is 10.1. The first-order chi connectivity index (χ1) is 10.2. The molecule has 1 aromatic carbocycles. The van der Waals surface area contributed by atoms with Crippen LogP contribution in [0.25, 0.3) is 10.9 Å². The molecule has 1 heterocycles. The molecule has 2 rings (SSSR count). The van der Waals surface area contributed by atoms with Gasteiger partial charge in [0.05, 0.1) is 11.0 Å². The van der Waals surface area contributed by atoms with Crippen molar-refractivity contribution in [3.63, 3.8) is 0 Å². The zero-order valence-electron chi connectivity index (χ0n) is 11.4. The second-order valence-corrected chi connectivity index (χ2v) is 4.29. The minimum atomic E-state index is -0.476. The Bertz CT molecular complexity index is 696. The molecule has 0 aliphatic heterocycles. The van der Waals surface area contributed by atoms with Crippen molar-refractivity contribution in [2.45, 2.75) is 13.0 Å². The van der Waals surface area contributed by atoms with Gasteiger partial charge in [0, 0.05) is 17.6 Å². The molecule has 2 aromatic rings. The van der Waals surface area contributed by atoms with Gasteiger partial charge in [0.1, 0.15) is 18.4 Å². The van der Waals surface area contributed by atoms with Crippen LogP contribution in [0.5, 0.6) is 5.75 Å². The first-order valence-electron chi connectivity index (χ1n) is 6.45. The SMILES string of the molecule is CCNC(C#N)COc1ccc([N+](=O)[O-])c2ncccc12. The minimum absolute atomic E-state index is 0.0681. The number of likely N-dealkylation sites (N-methyl/N-ethyl adjacent to an activating group) is 1.